The van der Waals surface area contributed by atoms with Gasteiger partial charge in [-0.25, -0.2) is 0 Å². The van der Waals surface area contributed by atoms with Crippen LogP contribution in [-0.4, -0.2) is 30.1 Å². The third-order valence-corrected chi connectivity index (χ3v) is 3.92. The van der Waals surface area contributed by atoms with Crippen LogP contribution in [-0.2, 0) is 0 Å². The maximum absolute atomic E-state index is 5.93. The summed E-state index contributed by atoms with van der Waals surface area (Å²) in [6, 6.07) is 1.24. The molecule has 1 aliphatic heterocycles. The van der Waals surface area contributed by atoms with Gasteiger partial charge in [-0.1, -0.05) is 39.0 Å². The number of rotatable bonds is 7. The summed E-state index contributed by atoms with van der Waals surface area (Å²) in [6.07, 6.45) is 10.8. The second kappa shape index (κ2) is 8.08. The van der Waals surface area contributed by atoms with Gasteiger partial charge in [0.15, 0.2) is 0 Å². The Balaban J connectivity index is 2.03. The van der Waals surface area contributed by atoms with E-state index in [-0.39, 0.29) is 0 Å². The summed E-state index contributed by atoms with van der Waals surface area (Å²) in [4.78, 5) is 2.63. The molecule has 1 fully saturated rings. The van der Waals surface area contributed by atoms with Gasteiger partial charge in [-0.15, -0.1) is 0 Å². The largest absolute Gasteiger partial charge is 0.328 e. The van der Waals surface area contributed by atoms with Crippen LogP contribution in [0.15, 0.2) is 0 Å². The molecule has 1 rings (SSSR count). The molecule has 0 bridgehead atoms. The topological polar surface area (TPSA) is 29.3 Å². The van der Waals surface area contributed by atoms with Gasteiger partial charge in [-0.2, -0.15) is 0 Å². The van der Waals surface area contributed by atoms with Crippen LogP contribution in [0.4, 0.5) is 0 Å². The zero-order valence-electron chi connectivity index (χ0n) is 11.3. The van der Waals surface area contributed by atoms with Crippen molar-refractivity contribution in [2.45, 2.75) is 77.3 Å². The van der Waals surface area contributed by atoms with E-state index in [2.05, 4.69) is 18.7 Å². The Kier molecular flexibility index (Phi) is 7.06. The number of nitrogens with two attached hydrogens (primary N) is 1. The Bertz CT molecular complexity index is 162. The molecule has 1 aliphatic rings. The van der Waals surface area contributed by atoms with E-state index >= 15 is 0 Å². The molecule has 0 saturated carbocycles. The second-order valence-electron chi connectivity index (χ2n) is 5.43. The first-order valence-electron chi connectivity index (χ1n) is 7.23. The molecule has 2 N–H and O–H groups in total. The van der Waals surface area contributed by atoms with Crippen molar-refractivity contribution in [3.63, 3.8) is 0 Å². The predicted octanol–water partition coefficient (Wildman–Crippen LogP) is 3.16. The zero-order chi connectivity index (χ0) is 11.8. The van der Waals surface area contributed by atoms with Crippen LogP contribution < -0.4 is 5.73 Å². The van der Waals surface area contributed by atoms with Gasteiger partial charge in [-0.3, -0.25) is 0 Å². The van der Waals surface area contributed by atoms with Gasteiger partial charge < -0.3 is 10.6 Å². The highest BCUT2D eigenvalue weighted by Gasteiger charge is 2.19. The first kappa shape index (κ1) is 14.0. The molecule has 96 valence electrons. The zero-order valence-corrected chi connectivity index (χ0v) is 11.3. The lowest BCUT2D eigenvalue weighted by Crippen LogP contribution is -2.43. The molecule has 2 nitrogen and oxygen atoms in total. The van der Waals surface area contributed by atoms with Crippen molar-refractivity contribution in [3.8, 4) is 0 Å². The van der Waals surface area contributed by atoms with E-state index in [1.54, 1.807) is 0 Å². The van der Waals surface area contributed by atoms with E-state index in [1.165, 1.54) is 64.5 Å². The minimum absolute atomic E-state index is 0.466. The van der Waals surface area contributed by atoms with Gasteiger partial charge in [0, 0.05) is 12.1 Å². The van der Waals surface area contributed by atoms with E-state index in [0.29, 0.717) is 6.04 Å². The molecular weight excluding hydrogens is 196 g/mol. The molecule has 2 heteroatoms. The summed E-state index contributed by atoms with van der Waals surface area (Å²) >= 11 is 0. The number of piperidine rings is 1. The SMILES string of the molecule is CCCCCCCC(C)N1CCC(N)CC1. The molecule has 16 heavy (non-hydrogen) atoms. The summed E-state index contributed by atoms with van der Waals surface area (Å²) in [5.41, 5.74) is 5.93. The highest BCUT2D eigenvalue weighted by atomic mass is 15.2. The summed E-state index contributed by atoms with van der Waals surface area (Å²) < 4.78 is 0. The number of likely N-dealkylation sites (tertiary alicyclic amines) is 1. The monoisotopic (exact) mass is 226 g/mol. The second-order valence-corrected chi connectivity index (χ2v) is 5.43. The molecule has 0 amide bonds. The average Bonchev–Trinajstić information content (AvgIpc) is 2.29. The molecular formula is C14H30N2. The van der Waals surface area contributed by atoms with Crippen molar-refractivity contribution in [3.05, 3.63) is 0 Å². The number of hydrogen-bond acceptors (Lipinski definition) is 2. The van der Waals surface area contributed by atoms with Crippen molar-refractivity contribution in [1.29, 1.82) is 0 Å². The van der Waals surface area contributed by atoms with Crippen LogP contribution in [0.25, 0.3) is 0 Å². The summed E-state index contributed by atoms with van der Waals surface area (Å²) in [7, 11) is 0. The van der Waals surface area contributed by atoms with Gasteiger partial charge in [0.05, 0.1) is 0 Å². The Morgan fingerprint density at radius 2 is 1.75 bits per heavy atom. The molecule has 0 radical (unpaired) electrons. The third-order valence-electron chi connectivity index (χ3n) is 3.92. The summed E-state index contributed by atoms with van der Waals surface area (Å²) in [5.74, 6) is 0. The number of nitrogens with zero attached hydrogens (tertiary/aromatic N) is 1. The summed E-state index contributed by atoms with van der Waals surface area (Å²) in [5, 5.41) is 0. The Hall–Kier alpha value is -0.0800. The van der Waals surface area contributed by atoms with Crippen LogP contribution in [0.3, 0.4) is 0 Å². The highest BCUT2D eigenvalue weighted by Crippen LogP contribution is 2.16. The van der Waals surface area contributed by atoms with Crippen molar-refractivity contribution >= 4 is 0 Å². The molecule has 0 aliphatic carbocycles. The van der Waals surface area contributed by atoms with Crippen molar-refractivity contribution in [1.82, 2.24) is 4.90 Å². The summed E-state index contributed by atoms with van der Waals surface area (Å²) in [6.45, 7) is 7.10. The van der Waals surface area contributed by atoms with Crippen LogP contribution >= 0.6 is 0 Å². The maximum Gasteiger partial charge on any atom is 0.00669 e. The minimum Gasteiger partial charge on any atom is -0.328 e. The van der Waals surface area contributed by atoms with Crippen molar-refractivity contribution < 1.29 is 0 Å². The molecule has 0 aromatic carbocycles. The fourth-order valence-corrected chi connectivity index (χ4v) is 2.59. The average molecular weight is 226 g/mol. The Labute approximate surface area is 102 Å². The van der Waals surface area contributed by atoms with Crippen LogP contribution in [0, 0.1) is 0 Å². The number of hydrogen-bond donors (Lipinski definition) is 1. The van der Waals surface area contributed by atoms with Crippen LogP contribution in [0.1, 0.15) is 65.2 Å². The lowest BCUT2D eigenvalue weighted by atomic mass is 10.0. The molecule has 1 atom stereocenters. The first-order chi connectivity index (χ1) is 7.74. The van der Waals surface area contributed by atoms with Crippen LogP contribution in [0.5, 0.6) is 0 Å². The molecule has 1 heterocycles. The smallest absolute Gasteiger partial charge is 0.00669 e. The minimum atomic E-state index is 0.466. The molecule has 1 saturated heterocycles. The quantitative estimate of drug-likeness (QED) is 0.676. The fraction of sp³-hybridized carbons (Fsp3) is 1.00. The standard InChI is InChI=1S/C14H30N2/c1-3-4-5-6-7-8-13(2)16-11-9-14(15)10-12-16/h13-14H,3-12,15H2,1-2H3. The van der Waals surface area contributed by atoms with Gasteiger partial charge in [0.1, 0.15) is 0 Å². The van der Waals surface area contributed by atoms with Gasteiger partial charge in [0.2, 0.25) is 0 Å². The van der Waals surface area contributed by atoms with Crippen molar-refractivity contribution in [2.75, 3.05) is 13.1 Å². The van der Waals surface area contributed by atoms with Gasteiger partial charge in [0.25, 0.3) is 0 Å². The third kappa shape index (κ3) is 5.31. The predicted molar refractivity (Wildman–Crippen MR) is 71.6 cm³/mol. The van der Waals surface area contributed by atoms with E-state index < -0.39 is 0 Å². The van der Waals surface area contributed by atoms with Gasteiger partial charge in [-0.05, 0) is 39.3 Å². The molecule has 0 spiro atoms. The fourth-order valence-electron chi connectivity index (χ4n) is 2.59. The van der Waals surface area contributed by atoms with Crippen molar-refractivity contribution in [2.24, 2.45) is 5.73 Å². The molecule has 1 unspecified atom stereocenters. The Morgan fingerprint density at radius 3 is 2.38 bits per heavy atom. The van der Waals surface area contributed by atoms with E-state index in [9.17, 15) is 0 Å². The van der Waals surface area contributed by atoms with E-state index in [4.69, 9.17) is 5.73 Å². The van der Waals surface area contributed by atoms with E-state index in [1.807, 2.05) is 0 Å². The lowest BCUT2D eigenvalue weighted by Gasteiger charge is -2.34. The number of unbranched alkanes of at least 4 members (excludes halogenated alkanes) is 4. The maximum atomic E-state index is 5.93. The lowest BCUT2D eigenvalue weighted by molar-refractivity contribution is 0.154. The highest BCUT2D eigenvalue weighted by molar-refractivity contribution is 4.77. The first-order valence-corrected chi connectivity index (χ1v) is 7.23. The normalized spacial score (nSPS) is 21.2. The molecule has 0 aromatic heterocycles. The van der Waals surface area contributed by atoms with Gasteiger partial charge >= 0.3 is 0 Å². The Morgan fingerprint density at radius 1 is 1.12 bits per heavy atom. The molecule has 0 aromatic rings. The van der Waals surface area contributed by atoms with Crippen LogP contribution in [0.2, 0.25) is 0 Å². The van der Waals surface area contributed by atoms with E-state index in [0.717, 1.165) is 6.04 Å².